The second kappa shape index (κ2) is 44.7. The molecule has 10 fully saturated rings. The number of nitrogens with zero attached hydrogens (tertiary/aromatic N) is 19. The third kappa shape index (κ3) is 30.6. The average molecular weight is 1930 g/mol. The molecule has 2 saturated carbocycles. The van der Waals surface area contributed by atoms with E-state index in [-0.39, 0.29) is 90.4 Å². The molecule has 2 aliphatic carbocycles. The minimum Gasteiger partial charge on any atom is -0.342 e. The van der Waals surface area contributed by atoms with E-state index in [9.17, 15) is 63.6 Å². The van der Waals surface area contributed by atoms with Gasteiger partial charge in [-0.15, -0.1) is 10.2 Å². The number of likely N-dealkylation sites (tertiary alicyclic amines) is 7. The van der Waals surface area contributed by atoms with Crippen LogP contribution in [0.5, 0.6) is 0 Å². The lowest BCUT2D eigenvalue weighted by Gasteiger charge is -2.36. The van der Waals surface area contributed by atoms with Crippen molar-refractivity contribution in [1.82, 2.24) is 97.4 Å². The molecule has 8 aliphatic heterocycles. The second-order valence-electron chi connectivity index (χ2n) is 45.3. The molecule has 1 N–H and O–H groups in total. The van der Waals surface area contributed by atoms with Gasteiger partial charge < -0.3 is 48.0 Å². The zero-order chi connectivity index (χ0) is 98.7. The van der Waals surface area contributed by atoms with E-state index in [2.05, 4.69) is 56.6 Å². The van der Waals surface area contributed by atoms with Crippen LogP contribution in [0.25, 0.3) is 0 Å². The minimum absolute atomic E-state index is 0.0441. The first-order chi connectivity index (χ1) is 61.7. The molecular formula is C96H158ClF3N20O11S2. The highest BCUT2D eigenvalue weighted by molar-refractivity contribution is 7.91. The molecule has 7 amide bonds. The van der Waals surface area contributed by atoms with Gasteiger partial charge in [0.2, 0.25) is 62.5 Å². The molecule has 0 bridgehead atoms. The van der Waals surface area contributed by atoms with E-state index >= 15 is 0 Å². The number of rotatable bonds is 10. The van der Waals surface area contributed by atoms with E-state index in [4.69, 9.17) is 11.6 Å². The quantitative estimate of drug-likeness (QED) is 0.136. The number of halogens is 4. The summed E-state index contributed by atoms with van der Waals surface area (Å²) in [5.74, 6) is 4.84. The number of alkyl halides is 3. The number of nitrogens with one attached hydrogen (secondary N) is 1. The minimum atomic E-state index is -4.44. The summed E-state index contributed by atoms with van der Waals surface area (Å²) in [6, 6.07) is 3.22. The Hall–Kier alpha value is -7.86. The first-order valence-corrected chi connectivity index (χ1v) is 52.3. The Kier molecular flexibility index (Phi) is 36.6. The summed E-state index contributed by atoms with van der Waals surface area (Å²) in [6.45, 7) is 54.0. The van der Waals surface area contributed by atoms with E-state index in [1.165, 1.54) is 54.6 Å². The number of carbonyl (C=O) groups excluding carboxylic acids is 7. The monoisotopic (exact) mass is 1920 g/mol. The zero-order valence-corrected chi connectivity index (χ0v) is 86.4. The maximum Gasteiger partial charge on any atom is 0.449 e. The maximum absolute atomic E-state index is 12.8. The Labute approximate surface area is 795 Å². The number of hydrogen-bond acceptors (Lipinski definition) is 18. The number of aryl methyl sites for hydroxylation is 1. The van der Waals surface area contributed by atoms with E-state index in [1.807, 2.05) is 199 Å². The molecule has 10 aliphatic rings. The molecule has 133 heavy (non-hydrogen) atoms. The van der Waals surface area contributed by atoms with Gasteiger partial charge >= 0.3 is 6.18 Å². The number of carbonyl (C=O) groups is 7. The van der Waals surface area contributed by atoms with Gasteiger partial charge in [0.15, 0.2) is 5.82 Å². The highest BCUT2D eigenvalue weighted by atomic mass is 35.5. The predicted molar refractivity (Wildman–Crippen MR) is 510 cm³/mol. The van der Waals surface area contributed by atoms with Crippen molar-refractivity contribution in [3.63, 3.8) is 0 Å². The van der Waals surface area contributed by atoms with Gasteiger partial charge in [-0.2, -0.15) is 23.4 Å². The van der Waals surface area contributed by atoms with Crippen LogP contribution in [0.4, 0.5) is 13.2 Å². The van der Waals surface area contributed by atoms with Crippen molar-refractivity contribution in [1.29, 1.82) is 0 Å². The van der Waals surface area contributed by atoms with Crippen LogP contribution in [-0.2, 0) is 59.6 Å². The molecule has 31 nitrogen and oxygen atoms in total. The lowest BCUT2D eigenvalue weighted by atomic mass is 9.90. The van der Waals surface area contributed by atoms with Gasteiger partial charge in [-0.3, -0.25) is 43.3 Å². The molecule has 13 heterocycles. The van der Waals surface area contributed by atoms with Gasteiger partial charge in [-0.1, -0.05) is 145 Å². The standard InChI is InChI=1S/2C15H24N4O.C14H20F3N3O.C14H23N3O.C14H26N2O3S.C13H20ClN3O.C11H21NO3S/c1-15(2,3)14(20)18-8-6-11(7-9-18)13-17-16-10-19(13)12-4-5-12;1-15(2,3)14(20)19-8-4-5-11(9-19)13-16-12(17-18-13)10-6-7-10;1-13(2,3)12(21)19-7-4-10(5-8-19)20-9-6-18-11(20)14(15,16)17;1-11-5-8-15-17(11)12-6-9-16(10-7-12)13(18)14(2,3)4;1-14(2,3)13(17)15-10-6-12(7-11-15)20(18,19)16-8-4-5-9-16;1-13(2,3)11(18)16-7-4-10(5-8-16)17-9-6-15-12(17)14;1-11(2,3)10(13)12-7-5-9(6-8-12)16(4,14)15/h10-12H,4-9H2,1-3H3;10-11H,4-9H2,1-3H3,(H,16,17,18);6,9-10H,4-5,7-8H2,1-3H3;5,8,12H,6-7,9-10H2,1-4H3;12H,4-11H2,1-3H3;6,9-10H,4-5,7-8H2,1-3H3;9H,5-8H2,1-4H3. The molecule has 748 valence electrons. The lowest BCUT2D eigenvalue weighted by Crippen LogP contribution is -2.48. The second-order valence-corrected chi connectivity index (χ2v) is 50.2. The van der Waals surface area contributed by atoms with Crippen LogP contribution in [-0.4, -0.2) is 277 Å². The summed E-state index contributed by atoms with van der Waals surface area (Å²) in [6.07, 6.45) is 25.0. The molecule has 1 atom stereocenters. The van der Waals surface area contributed by atoms with Crippen LogP contribution >= 0.6 is 11.6 Å². The third-order valence-corrected chi connectivity index (χ3v) is 30.8. The van der Waals surface area contributed by atoms with E-state index < -0.39 is 37.3 Å². The molecule has 8 saturated heterocycles. The van der Waals surface area contributed by atoms with Crippen molar-refractivity contribution in [3.05, 3.63) is 77.7 Å². The molecule has 0 radical (unpaired) electrons. The molecule has 5 aromatic rings. The Balaban J connectivity index is 0.000000175. The number of aromatic amines is 1. The van der Waals surface area contributed by atoms with Crippen molar-refractivity contribution < 1.29 is 63.6 Å². The summed E-state index contributed by atoms with van der Waals surface area (Å²) in [7, 11) is -6.10. The smallest absolute Gasteiger partial charge is 0.342 e. The van der Waals surface area contributed by atoms with Gasteiger partial charge in [0.25, 0.3) is 0 Å². The molecular weight excluding hydrogens is 1770 g/mol. The van der Waals surface area contributed by atoms with Crippen molar-refractivity contribution in [2.45, 2.75) is 339 Å². The van der Waals surface area contributed by atoms with Gasteiger partial charge in [0, 0.05) is 221 Å². The fourth-order valence-corrected chi connectivity index (χ4v) is 21.7. The van der Waals surface area contributed by atoms with Crippen molar-refractivity contribution in [2.75, 3.05) is 111 Å². The molecule has 0 spiro atoms. The molecule has 5 aromatic heterocycles. The number of amides is 7. The van der Waals surface area contributed by atoms with E-state index in [0.29, 0.717) is 132 Å². The summed E-state index contributed by atoms with van der Waals surface area (Å²) in [4.78, 5) is 111. The summed E-state index contributed by atoms with van der Waals surface area (Å²) in [5.41, 5.74) is -1.16. The molecule has 15 rings (SSSR count). The number of hydrogen-bond donors (Lipinski definition) is 1. The first kappa shape index (κ1) is 109. The van der Waals surface area contributed by atoms with Gasteiger partial charge in [0.05, 0.1) is 16.5 Å². The predicted octanol–water partition coefficient (Wildman–Crippen LogP) is 15.6. The highest BCUT2D eigenvalue weighted by Gasteiger charge is 2.44. The number of sulfone groups is 1. The van der Waals surface area contributed by atoms with E-state index in [1.54, 1.807) is 20.3 Å². The number of piperidine rings is 7. The Morgan fingerprint density at radius 1 is 0.406 bits per heavy atom. The van der Waals surface area contributed by atoms with Crippen molar-refractivity contribution in [2.24, 2.45) is 37.9 Å². The highest BCUT2D eigenvalue weighted by Crippen LogP contribution is 2.42. The Morgan fingerprint density at radius 3 is 1.16 bits per heavy atom. The van der Waals surface area contributed by atoms with Crippen LogP contribution in [0, 0.1) is 44.8 Å². The number of imidazole rings is 2. The number of aromatic nitrogens is 12. The van der Waals surface area contributed by atoms with Gasteiger partial charge in [-0.25, -0.2) is 36.1 Å². The van der Waals surface area contributed by atoms with E-state index in [0.717, 1.165) is 134 Å². The SMILES string of the molecule is CC(C)(C)C(=O)N1CCC(S(=O)(=O)N2CCCC2)CC1.CC(C)(C)C(=O)N1CCC(S(C)(=O)=O)CC1.CC(C)(C)C(=O)N1CCC(c2nncn2C2CC2)CC1.CC(C)(C)C(=O)N1CCC(n2ccnc2C(F)(F)F)CC1.CC(C)(C)C(=O)N1CCC(n2ccnc2Cl)CC1.CC(C)(C)C(=O)N1CCCC(c2n[nH]c(C3CC3)n2)C1.Cc1ccnn1C1CCN(C(=O)C(C)(C)C)CC1. The van der Waals surface area contributed by atoms with Crippen molar-refractivity contribution in [3.8, 4) is 0 Å². The summed E-state index contributed by atoms with van der Waals surface area (Å²) in [5, 5.41) is 20.2. The zero-order valence-electron chi connectivity index (χ0n) is 84.0. The molecule has 1 unspecified atom stereocenters. The first-order valence-electron chi connectivity index (χ1n) is 48.5. The Bertz CT molecular complexity index is 4790. The van der Waals surface area contributed by atoms with Crippen LogP contribution in [0.2, 0.25) is 5.28 Å². The lowest BCUT2D eigenvalue weighted by molar-refractivity contribution is -0.149. The van der Waals surface area contributed by atoms with Gasteiger partial charge in [-0.05, 0) is 153 Å². The number of sulfonamides is 1. The van der Waals surface area contributed by atoms with Crippen LogP contribution in [0.3, 0.4) is 0 Å². The largest absolute Gasteiger partial charge is 0.449 e. The fourth-order valence-electron chi connectivity index (χ4n) is 18.4. The summed E-state index contributed by atoms with van der Waals surface area (Å²) >= 11 is 6.02. The van der Waals surface area contributed by atoms with Crippen molar-refractivity contribution >= 4 is 72.8 Å². The van der Waals surface area contributed by atoms with Gasteiger partial charge in [0.1, 0.15) is 27.8 Å². The fraction of sp³-hybridized carbons (Fsp3) is 0.792. The van der Waals surface area contributed by atoms with Crippen LogP contribution < -0.4 is 0 Å². The summed E-state index contributed by atoms with van der Waals surface area (Å²) < 4.78 is 95.4. The Morgan fingerprint density at radius 2 is 0.782 bits per heavy atom. The van der Waals surface area contributed by atoms with Crippen LogP contribution in [0.15, 0.2) is 43.4 Å². The third-order valence-electron chi connectivity index (χ3n) is 26.4. The maximum atomic E-state index is 12.8. The normalized spacial score (nSPS) is 20.4. The topological polar surface area (TPSA) is 339 Å². The molecule has 37 heteroatoms. The number of H-pyrrole nitrogens is 1. The van der Waals surface area contributed by atoms with Crippen LogP contribution in [0.1, 0.15) is 345 Å². The molecule has 0 aromatic carbocycles. The average Bonchev–Trinajstić information content (AvgIpc) is 1.76.